The molecule has 166 valence electrons. The van der Waals surface area contributed by atoms with Crippen molar-refractivity contribution in [3.05, 3.63) is 89.0 Å². The molecule has 4 aromatic heterocycles. The fourth-order valence-electron chi connectivity index (χ4n) is 3.71. The summed E-state index contributed by atoms with van der Waals surface area (Å²) in [6.07, 6.45) is 7.61. The van der Waals surface area contributed by atoms with Crippen LogP contribution in [0.4, 0.5) is 0 Å². The molecular formula is C24H22BrN7O. The number of hydrogen-bond donors (Lipinski definition) is 1. The predicted octanol–water partition coefficient (Wildman–Crippen LogP) is 4.66. The van der Waals surface area contributed by atoms with E-state index in [1.165, 1.54) is 0 Å². The summed E-state index contributed by atoms with van der Waals surface area (Å²) < 4.78 is 6.39. The molecule has 0 aliphatic carbocycles. The van der Waals surface area contributed by atoms with Crippen LogP contribution in [0.2, 0.25) is 0 Å². The van der Waals surface area contributed by atoms with Crippen molar-refractivity contribution in [3.8, 4) is 17.1 Å². The second kappa shape index (κ2) is 8.67. The van der Waals surface area contributed by atoms with E-state index in [0.717, 1.165) is 33.7 Å². The molecule has 0 aliphatic rings. The molecule has 1 N–H and O–H groups in total. The second-order valence-corrected chi connectivity index (χ2v) is 8.54. The molecule has 0 bridgehead atoms. The van der Waals surface area contributed by atoms with Crippen LogP contribution in [-0.2, 0) is 6.54 Å². The fourth-order valence-corrected chi connectivity index (χ4v) is 4.23. The molecule has 0 radical (unpaired) electrons. The number of aromatic nitrogens is 6. The second-order valence-electron chi connectivity index (χ2n) is 7.69. The molecule has 5 rings (SSSR count). The molecule has 8 nitrogen and oxygen atoms in total. The zero-order valence-corrected chi connectivity index (χ0v) is 19.8. The largest absolute Gasteiger partial charge is 0.344 e. The summed E-state index contributed by atoms with van der Waals surface area (Å²) >= 11 is 3.57. The highest BCUT2D eigenvalue weighted by atomic mass is 79.9. The van der Waals surface area contributed by atoms with Gasteiger partial charge in [0.15, 0.2) is 11.3 Å². The Labute approximate surface area is 199 Å². The van der Waals surface area contributed by atoms with Gasteiger partial charge in [-0.15, -0.1) is 0 Å². The maximum atomic E-state index is 13.0. The van der Waals surface area contributed by atoms with Crippen LogP contribution in [-0.4, -0.2) is 34.9 Å². The Hall–Kier alpha value is -3.72. The van der Waals surface area contributed by atoms with E-state index in [1.54, 1.807) is 16.8 Å². The summed E-state index contributed by atoms with van der Waals surface area (Å²) in [5, 5.41) is 12.2. The zero-order chi connectivity index (χ0) is 22.9. The minimum atomic E-state index is -0.258. The van der Waals surface area contributed by atoms with Crippen LogP contribution in [0.1, 0.15) is 35.9 Å². The number of aryl methyl sites for hydroxylation is 1. The molecule has 33 heavy (non-hydrogen) atoms. The average Bonchev–Trinajstić information content (AvgIpc) is 3.58. The third-order valence-electron chi connectivity index (χ3n) is 5.52. The smallest absolute Gasteiger partial charge is 0.272 e. The summed E-state index contributed by atoms with van der Waals surface area (Å²) in [6, 6.07) is 15.4. The van der Waals surface area contributed by atoms with E-state index >= 15 is 0 Å². The van der Waals surface area contributed by atoms with Crippen LogP contribution < -0.4 is 5.32 Å². The van der Waals surface area contributed by atoms with Gasteiger partial charge in [-0.25, -0.2) is 9.50 Å². The van der Waals surface area contributed by atoms with Crippen molar-refractivity contribution in [1.82, 2.24) is 34.3 Å². The first kappa shape index (κ1) is 21.1. The van der Waals surface area contributed by atoms with Gasteiger partial charge >= 0.3 is 0 Å². The van der Waals surface area contributed by atoms with Gasteiger partial charge in [0.05, 0.1) is 16.2 Å². The van der Waals surface area contributed by atoms with E-state index in [4.69, 9.17) is 0 Å². The molecule has 0 spiro atoms. The number of halogens is 1. The number of amides is 1. The molecule has 0 saturated heterocycles. The monoisotopic (exact) mass is 503 g/mol. The highest BCUT2D eigenvalue weighted by Crippen LogP contribution is 2.27. The lowest BCUT2D eigenvalue weighted by molar-refractivity contribution is 0.0934. The number of benzene rings is 1. The molecule has 0 fully saturated rings. The number of hydrogen-bond acceptors (Lipinski definition) is 4. The van der Waals surface area contributed by atoms with Gasteiger partial charge in [0.2, 0.25) is 0 Å². The Morgan fingerprint density at radius 1 is 1.12 bits per heavy atom. The Kier molecular flexibility index (Phi) is 5.55. The van der Waals surface area contributed by atoms with E-state index in [0.29, 0.717) is 11.3 Å². The summed E-state index contributed by atoms with van der Waals surface area (Å²) in [6.45, 7) is 4.73. The van der Waals surface area contributed by atoms with Gasteiger partial charge in [0, 0.05) is 43.1 Å². The Bertz CT molecular complexity index is 1420. The SMILES string of the molecule is CCn1cc(Br)c(-c2ccnc3cc(C(=O)NC(C)c4ccc(-n5cccc5)cc4)nn23)n1. The quantitative estimate of drug-likeness (QED) is 0.365. The van der Waals surface area contributed by atoms with Gasteiger partial charge in [-0.05, 0) is 65.7 Å². The minimum Gasteiger partial charge on any atom is -0.344 e. The van der Waals surface area contributed by atoms with Crippen molar-refractivity contribution in [2.75, 3.05) is 0 Å². The zero-order valence-electron chi connectivity index (χ0n) is 18.2. The first-order valence-electron chi connectivity index (χ1n) is 10.7. The lowest BCUT2D eigenvalue weighted by Crippen LogP contribution is -2.27. The van der Waals surface area contributed by atoms with Crippen LogP contribution in [0, 0.1) is 0 Å². The summed E-state index contributed by atoms with van der Waals surface area (Å²) in [5.74, 6) is -0.258. The number of nitrogens with one attached hydrogen (secondary N) is 1. The topological polar surface area (TPSA) is 82.0 Å². The number of rotatable bonds is 6. The standard InChI is InChI=1S/C24H22BrN7O/c1-3-31-15-19(25)23(29-31)21-10-11-26-22-14-20(28-32(21)22)24(33)27-16(2)17-6-8-18(9-7-17)30-12-4-5-13-30/h4-16H,3H2,1-2H3,(H,27,33). The van der Waals surface area contributed by atoms with Crippen LogP contribution in [0.25, 0.3) is 22.7 Å². The third-order valence-corrected chi connectivity index (χ3v) is 6.10. The van der Waals surface area contributed by atoms with E-state index in [2.05, 4.69) is 36.4 Å². The molecule has 1 amide bonds. The average molecular weight is 504 g/mol. The van der Waals surface area contributed by atoms with Gasteiger partial charge < -0.3 is 9.88 Å². The van der Waals surface area contributed by atoms with Crippen LogP contribution >= 0.6 is 15.9 Å². The van der Waals surface area contributed by atoms with Crippen molar-refractivity contribution in [1.29, 1.82) is 0 Å². The molecular weight excluding hydrogens is 482 g/mol. The summed E-state index contributed by atoms with van der Waals surface area (Å²) in [7, 11) is 0. The Balaban J connectivity index is 1.38. The van der Waals surface area contributed by atoms with Crippen molar-refractivity contribution in [3.63, 3.8) is 0 Å². The highest BCUT2D eigenvalue weighted by Gasteiger charge is 2.19. The maximum Gasteiger partial charge on any atom is 0.272 e. The van der Waals surface area contributed by atoms with Gasteiger partial charge in [-0.3, -0.25) is 9.48 Å². The number of fused-ring (bicyclic) bond motifs is 1. The van der Waals surface area contributed by atoms with Crippen molar-refractivity contribution in [2.24, 2.45) is 0 Å². The van der Waals surface area contributed by atoms with E-state index in [1.807, 2.05) is 84.2 Å². The number of nitrogens with zero attached hydrogens (tertiary/aromatic N) is 6. The highest BCUT2D eigenvalue weighted by molar-refractivity contribution is 9.10. The third kappa shape index (κ3) is 4.07. The first-order chi connectivity index (χ1) is 16.0. The van der Waals surface area contributed by atoms with Crippen LogP contribution in [0.15, 0.2) is 77.8 Å². The molecule has 0 aliphatic heterocycles. The molecule has 0 saturated carbocycles. The predicted molar refractivity (Wildman–Crippen MR) is 129 cm³/mol. The Morgan fingerprint density at radius 3 is 2.58 bits per heavy atom. The van der Waals surface area contributed by atoms with Crippen molar-refractivity contribution in [2.45, 2.75) is 26.4 Å². The van der Waals surface area contributed by atoms with Crippen LogP contribution in [0.5, 0.6) is 0 Å². The lowest BCUT2D eigenvalue weighted by Gasteiger charge is -2.14. The molecule has 1 aromatic carbocycles. The maximum absolute atomic E-state index is 13.0. The molecule has 1 atom stereocenters. The summed E-state index contributed by atoms with van der Waals surface area (Å²) in [5.41, 5.74) is 4.46. The molecule has 4 heterocycles. The van der Waals surface area contributed by atoms with Crippen LogP contribution in [0.3, 0.4) is 0 Å². The van der Waals surface area contributed by atoms with Gasteiger partial charge in [-0.2, -0.15) is 10.2 Å². The van der Waals surface area contributed by atoms with Crippen molar-refractivity contribution < 1.29 is 4.79 Å². The Morgan fingerprint density at radius 2 is 1.88 bits per heavy atom. The number of carbonyl (C=O) groups is 1. The molecule has 5 aromatic rings. The molecule has 1 unspecified atom stereocenters. The van der Waals surface area contributed by atoms with Gasteiger partial charge in [0.25, 0.3) is 5.91 Å². The van der Waals surface area contributed by atoms with E-state index in [9.17, 15) is 4.79 Å². The van der Waals surface area contributed by atoms with E-state index < -0.39 is 0 Å². The lowest BCUT2D eigenvalue weighted by atomic mass is 10.1. The first-order valence-corrected chi connectivity index (χ1v) is 11.4. The molecule has 9 heteroatoms. The fraction of sp³-hybridized carbons (Fsp3) is 0.167. The van der Waals surface area contributed by atoms with Gasteiger partial charge in [-0.1, -0.05) is 12.1 Å². The van der Waals surface area contributed by atoms with Crippen molar-refractivity contribution >= 4 is 27.5 Å². The van der Waals surface area contributed by atoms with E-state index in [-0.39, 0.29) is 11.9 Å². The number of carbonyl (C=O) groups excluding carboxylic acids is 1. The summed E-state index contributed by atoms with van der Waals surface area (Å²) in [4.78, 5) is 17.3. The van der Waals surface area contributed by atoms with Gasteiger partial charge in [0.1, 0.15) is 5.69 Å². The minimum absolute atomic E-state index is 0.178. The normalized spacial score (nSPS) is 12.2.